The van der Waals surface area contributed by atoms with Gasteiger partial charge in [-0.2, -0.15) is 9.30 Å². The van der Waals surface area contributed by atoms with E-state index in [1.54, 1.807) is 6.07 Å². The lowest BCUT2D eigenvalue weighted by Gasteiger charge is -2.46. The minimum atomic E-state index is -3.77. The molecule has 1 spiro atoms. The van der Waals surface area contributed by atoms with Gasteiger partial charge in [-0.3, -0.25) is 4.90 Å². The Kier molecular flexibility index (Phi) is 7.08. The van der Waals surface area contributed by atoms with Crippen molar-refractivity contribution in [2.24, 2.45) is 21.5 Å². The smallest absolute Gasteiger partial charge is 0.245 e. The number of sulfonamides is 1. The van der Waals surface area contributed by atoms with Crippen molar-refractivity contribution in [2.45, 2.75) is 119 Å². The van der Waals surface area contributed by atoms with Gasteiger partial charge in [0, 0.05) is 12.1 Å². The molecule has 0 radical (unpaired) electrons. The molecule has 0 amide bonds. The van der Waals surface area contributed by atoms with Crippen molar-refractivity contribution in [2.75, 3.05) is 4.90 Å². The van der Waals surface area contributed by atoms with E-state index in [1.807, 2.05) is 27.4 Å². The highest BCUT2D eigenvalue weighted by Gasteiger charge is 2.46. The van der Waals surface area contributed by atoms with Crippen LogP contribution in [0.25, 0.3) is 0 Å². The zero-order valence-corrected chi connectivity index (χ0v) is 21.6. The molecule has 1 aromatic carbocycles. The van der Waals surface area contributed by atoms with E-state index in [0.717, 1.165) is 83.5 Å². The van der Waals surface area contributed by atoms with Gasteiger partial charge in [-0.25, -0.2) is 13.4 Å². The zero-order valence-electron chi connectivity index (χ0n) is 20.7. The monoisotopic (exact) mass is 500 g/mol. The predicted molar refractivity (Wildman–Crippen MR) is 141 cm³/mol. The average molecular weight is 501 g/mol. The Balaban J connectivity index is 1.60. The van der Waals surface area contributed by atoms with Gasteiger partial charge in [-0.1, -0.05) is 57.1 Å². The minimum absolute atomic E-state index is 0.0644. The molecule has 4 aliphatic rings. The van der Waals surface area contributed by atoms with Crippen LogP contribution in [0.2, 0.25) is 0 Å². The van der Waals surface area contributed by atoms with Gasteiger partial charge in [0.2, 0.25) is 21.9 Å². The molecule has 3 aliphatic carbocycles. The van der Waals surface area contributed by atoms with Crippen LogP contribution in [-0.2, 0) is 10.0 Å². The van der Waals surface area contributed by atoms with E-state index in [9.17, 15) is 8.42 Å². The van der Waals surface area contributed by atoms with E-state index in [-0.39, 0.29) is 24.0 Å². The molecule has 35 heavy (non-hydrogen) atoms. The molecule has 9 heteroatoms. The molecule has 4 N–H and O–H groups in total. The van der Waals surface area contributed by atoms with Crippen molar-refractivity contribution in [3.63, 3.8) is 0 Å². The molecule has 0 bridgehead atoms. The second kappa shape index (κ2) is 10.1. The van der Waals surface area contributed by atoms with Gasteiger partial charge >= 0.3 is 0 Å². The van der Waals surface area contributed by atoms with Gasteiger partial charge in [0.05, 0.1) is 5.69 Å². The number of anilines is 1. The molecule has 1 heterocycles. The summed E-state index contributed by atoms with van der Waals surface area (Å²) < 4.78 is 31.1. The number of guanidine groups is 2. The molecule has 5 rings (SSSR count). The summed E-state index contributed by atoms with van der Waals surface area (Å²) in [5.41, 5.74) is 12.4. The number of aliphatic imine (C=N–C) groups is 2. The summed E-state index contributed by atoms with van der Waals surface area (Å²) in [4.78, 5) is 11.2. The van der Waals surface area contributed by atoms with Crippen LogP contribution in [-0.4, -0.2) is 42.4 Å². The first-order valence-corrected chi connectivity index (χ1v) is 15.0. The summed E-state index contributed by atoms with van der Waals surface area (Å²) >= 11 is 0. The molecule has 1 aliphatic heterocycles. The maximum atomic E-state index is 14.6. The van der Waals surface area contributed by atoms with Gasteiger partial charge < -0.3 is 11.5 Å². The molecule has 0 atom stereocenters. The Morgan fingerprint density at radius 3 is 1.97 bits per heavy atom. The van der Waals surface area contributed by atoms with Crippen molar-refractivity contribution >= 4 is 27.6 Å². The number of para-hydroxylation sites is 1. The van der Waals surface area contributed by atoms with E-state index in [0.29, 0.717) is 10.6 Å². The van der Waals surface area contributed by atoms with Crippen LogP contribution in [0.15, 0.2) is 39.1 Å². The third kappa shape index (κ3) is 4.69. The van der Waals surface area contributed by atoms with Crippen LogP contribution in [0.1, 0.15) is 96.3 Å². The fraction of sp³-hybridized carbons (Fsp3) is 0.692. The number of hydrogen-bond donors (Lipinski definition) is 2. The first-order chi connectivity index (χ1) is 16.9. The van der Waals surface area contributed by atoms with Crippen LogP contribution in [0.5, 0.6) is 0 Å². The number of nitrogens with zero attached hydrogens (tertiary/aromatic N) is 4. The number of nitrogens with two attached hydrogens (primary N) is 2. The molecule has 0 aromatic heterocycles. The summed E-state index contributed by atoms with van der Waals surface area (Å²) in [5, 5.41) is 0. The van der Waals surface area contributed by atoms with E-state index in [2.05, 4.69) is 4.99 Å². The van der Waals surface area contributed by atoms with E-state index in [4.69, 9.17) is 16.5 Å². The summed E-state index contributed by atoms with van der Waals surface area (Å²) in [6.45, 7) is 0. The fourth-order valence-corrected chi connectivity index (χ4v) is 8.91. The van der Waals surface area contributed by atoms with Crippen molar-refractivity contribution in [1.29, 1.82) is 0 Å². The number of hydrogen-bond acceptors (Lipinski definition) is 7. The Hall–Kier alpha value is -2.13. The van der Waals surface area contributed by atoms with Gasteiger partial charge in [0.15, 0.2) is 0 Å². The van der Waals surface area contributed by atoms with E-state index < -0.39 is 15.7 Å². The molecule has 0 unspecified atom stereocenters. The molecular weight excluding hydrogens is 460 g/mol. The minimum Gasteiger partial charge on any atom is -0.369 e. The van der Waals surface area contributed by atoms with Gasteiger partial charge in [-0.05, 0) is 63.5 Å². The van der Waals surface area contributed by atoms with Crippen LogP contribution < -0.4 is 16.4 Å². The van der Waals surface area contributed by atoms with Gasteiger partial charge in [0.25, 0.3) is 0 Å². The molecule has 3 saturated carbocycles. The van der Waals surface area contributed by atoms with Crippen LogP contribution >= 0.6 is 0 Å². The number of rotatable bonds is 5. The lowest BCUT2D eigenvalue weighted by molar-refractivity contribution is 0.169. The summed E-state index contributed by atoms with van der Waals surface area (Å²) in [6, 6.07) is 7.44. The normalized spacial score (nSPS) is 24.4. The molecule has 3 fully saturated rings. The molecular formula is C26H40N6O2S. The molecule has 0 saturated heterocycles. The quantitative estimate of drug-likeness (QED) is 0.619. The maximum Gasteiger partial charge on any atom is 0.245 e. The predicted octanol–water partition coefficient (Wildman–Crippen LogP) is 4.45. The van der Waals surface area contributed by atoms with Crippen molar-refractivity contribution in [3.8, 4) is 0 Å². The molecule has 192 valence electrons. The van der Waals surface area contributed by atoms with Gasteiger partial charge in [-0.15, -0.1) is 0 Å². The first kappa shape index (κ1) is 24.6. The molecule has 8 nitrogen and oxygen atoms in total. The zero-order chi connectivity index (χ0) is 24.5. The Bertz CT molecular complexity index is 1050. The van der Waals surface area contributed by atoms with Gasteiger partial charge in [0.1, 0.15) is 10.6 Å². The van der Waals surface area contributed by atoms with Crippen LogP contribution in [0.4, 0.5) is 5.69 Å². The van der Waals surface area contributed by atoms with Crippen LogP contribution in [0, 0.1) is 0 Å². The SMILES string of the molecule is NC1=NC2(CCCCC2)N(c2ccccc2S(=O)(=O)N(C2CCCCC2)C2CCCCC2)C(N)=N1. The summed E-state index contributed by atoms with van der Waals surface area (Å²) in [6.07, 6.45) is 15.2. The Morgan fingerprint density at radius 2 is 1.37 bits per heavy atom. The first-order valence-electron chi connectivity index (χ1n) is 13.5. The van der Waals surface area contributed by atoms with E-state index in [1.165, 1.54) is 12.8 Å². The van der Waals surface area contributed by atoms with Crippen molar-refractivity contribution < 1.29 is 8.42 Å². The summed E-state index contributed by atoms with van der Waals surface area (Å²) in [5.74, 6) is 0.399. The Morgan fingerprint density at radius 1 is 0.829 bits per heavy atom. The summed E-state index contributed by atoms with van der Waals surface area (Å²) in [7, 11) is -3.77. The lowest BCUT2D eigenvalue weighted by Crippen LogP contribution is -2.59. The Labute approximate surface area is 209 Å². The highest BCUT2D eigenvalue weighted by atomic mass is 32.2. The van der Waals surface area contributed by atoms with Crippen molar-refractivity contribution in [3.05, 3.63) is 24.3 Å². The standard InChI is InChI=1S/C26H40N6O2S/c27-24-29-25(28)31(26(30-24)18-10-3-11-19-26)22-16-8-9-17-23(22)35(33,34)32(20-12-4-1-5-13-20)21-14-6-2-7-15-21/h8-9,16-17,20-21H,1-7,10-15,18-19H2,(H4,27,28,29,30). The largest absolute Gasteiger partial charge is 0.369 e. The highest BCUT2D eigenvalue weighted by Crippen LogP contribution is 2.43. The average Bonchev–Trinajstić information content (AvgIpc) is 2.85. The maximum absolute atomic E-state index is 14.6. The highest BCUT2D eigenvalue weighted by molar-refractivity contribution is 7.89. The third-order valence-corrected chi connectivity index (χ3v) is 10.4. The second-order valence-corrected chi connectivity index (χ2v) is 12.5. The van der Waals surface area contributed by atoms with Crippen LogP contribution in [0.3, 0.4) is 0 Å². The lowest BCUT2D eigenvalue weighted by atomic mass is 9.87. The topological polar surface area (TPSA) is 117 Å². The van der Waals surface area contributed by atoms with E-state index >= 15 is 0 Å². The fourth-order valence-electron chi connectivity index (χ4n) is 6.81. The second-order valence-electron chi connectivity index (χ2n) is 10.7. The number of benzene rings is 1. The van der Waals surface area contributed by atoms with Crippen molar-refractivity contribution in [1.82, 2.24) is 4.31 Å². The third-order valence-electron chi connectivity index (χ3n) is 8.38. The molecule has 1 aromatic rings.